The lowest BCUT2D eigenvalue weighted by Gasteiger charge is -2.06. The molecule has 2 aromatic heterocycles. The standard InChI is InChI=1S/C19H22N4O4S/c1-4-26-11-10-23-15-7-6-13(18(25)27-5-2)12-16(15)28-19(23)20-17(24)14-8-9-22(3)21-14/h6-9,12H,4-5,10-11H2,1-3H3. The molecule has 8 nitrogen and oxygen atoms in total. The number of nitrogens with zero attached hydrogens (tertiary/aromatic N) is 4. The number of benzene rings is 1. The molecule has 28 heavy (non-hydrogen) atoms. The van der Waals surface area contributed by atoms with Gasteiger partial charge in [-0.2, -0.15) is 10.1 Å². The molecule has 0 radical (unpaired) electrons. The minimum Gasteiger partial charge on any atom is -0.462 e. The van der Waals surface area contributed by atoms with Gasteiger partial charge in [0.25, 0.3) is 5.91 Å². The third-order valence-corrected chi connectivity index (χ3v) is 5.03. The van der Waals surface area contributed by atoms with Gasteiger partial charge in [-0.05, 0) is 38.1 Å². The van der Waals surface area contributed by atoms with Crippen LogP contribution >= 0.6 is 11.3 Å². The van der Waals surface area contributed by atoms with Crippen molar-refractivity contribution in [2.24, 2.45) is 12.0 Å². The maximum absolute atomic E-state index is 12.5. The molecule has 3 rings (SSSR count). The van der Waals surface area contributed by atoms with Crippen LogP contribution in [0, 0.1) is 0 Å². The molecule has 9 heteroatoms. The van der Waals surface area contributed by atoms with Gasteiger partial charge in [-0.15, -0.1) is 0 Å². The molecule has 0 saturated heterocycles. The molecule has 0 aliphatic heterocycles. The number of carbonyl (C=O) groups is 2. The molecule has 3 aromatic rings. The number of thiazole rings is 1. The summed E-state index contributed by atoms with van der Waals surface area (Å²) in [6.07, 6.45) is 1.70. The van der Waals surface area contributed by atoms with Gasteiger partial charge in [-0.1, -0.05) is 11.3 Å². The van der Waals surface area contributed by atoms with E-state index in [-0.39, 0.29) is 11.7 Å². The zero-order valence-corrected chi connectivity index (χ0v) is 16.9. The van der Waals surface area contributed by atoms with E-state index in [9.17, 15) is 9.59 Å². The highest BCUT2D eigenvalue weighted by molar-refractivity contribution is 7.16. The fourth-order valence-electron chi connectivity index (χ4n) is 2.69. The number of ether oxygens (including phenoxy) is 2. The molecular formula is C19H22N4O4S. The molecular weight excluding hydrogens is 380 g/mol. The first kappa shape index (κ1) is 20.0. The van der Waals surface area contributed by atoms with Crippen LogP contribution in [0.1, 0.15) is 34.7 Å². The van der Waals surface area contributed by atoms with Crippen molar-refractivity contribution in [3.63, 3.8) is 0 Å². The van der Waals surface area contributed by atoms with E-state index in [1.165, 1.54) is 11.3 Å². The largest absolute Gasteiger partial charge is 0.462 e. The summed E-state index contributed by atoms with van der Waals surface area (Å²) in [5, 5.41) is 4.11. The van der Waals surface area contributed by atoms with Crippen LogP contribution in [-0.4, -0.2) is 46.0 Å². The number of esters is 1. The monoisotopic (exact) mass is 402 g/mol. The van der Waals surface area contributed by atoms with Crippen molar-refractivity contribution >= 4 is 33.4 Å². The van der Waals surface area contributed by atoms with E-state index < -0.39 is 5.91 Å². The summed E-state index contributed by atoms with van der Waals surface area (Å²) in [6.45, 7) is 5.65. The Morgan fingerprint density at radius 1 is 1.21 bits per heavy atom. The quantitative estimate of drug-likeness (QED) is 0.447. The molecule has 0 N–H and O–H groups in total. The second-order valence-electron chi connectivity index (χ2n) is 5.93. The van der Waals surface area contributed by atoms with Gasteiger partial charge in [0.05, 0.1) is 29.0 Å². The highest BCUT2D eigenvalue weighted by Crippen LogP contribution is 2.20. The van der Waals surface area contributed by atoms with Crippen LogP contribution in [0.25, 0.3) is 10.2 Å². The van der Waals surface area contributed by atoms with E-state index in [2.05, 4.69) is 10.1 Å². The maximum atomic E-state index is 12.5. The predicted molar refractivity (Wildman–Crippen MR) is 105 cm³/mol. The van der Waals surface area contributed by atoms with E-state index in [4.69, 9.17) is 9.47 Å². The average molecular weight is 402 g/mol. The lowest BCUT2D eigenvalue weighted by atomic mass is 10.2. The molecule has 0 bridgehead atoms. The van der Waals surface area contributed by atoms with Crippen LogP contribution in [0.4, 0.5) is 0 Å². The molecule has 148 valence electrons. The average Bonchev–Trinajstić information content (AvgIpc) is 3.25. The van der Waals surface area contributed by atoms with E-state index in [1.807, 2.05) is 17.6 Å². The van der Waals surface area contributed by atoms with Crippen molar-refractivity contribution in [1.29, 1.82) is 0 Å². The van der Waals surface area contributed by atoms with Gasteiger partial charge in [0.1, 0.15) is 0 Å². The van der Waals surface area contributed by atoms with Crippen LogP contribution in [-0.2, 0) is 23.1 Å². The number of aryl methyl sites for hydroxylation is 1. The molecule has 2 heterocycles. The summed E-state index contributed by atoms with van der Waals surface area (Å²) in [6, 6.07) is 6.95. The number of rotatable bonds is 7. The van der Waals surface area contributed by atoms with Crippen LogP contribution in [0.3, 0.4) is 0 Å². The summed E-state index contributed by atoms with van der Waals surface area (Å²) in [4.78, 5) is 29.3. The van der Waals surface area contributed by atoms with E-state index in [0.29, 0.717) is 36.7 Å². The molecule has 0 atom stereocenters. The SMILES string of the molecule is CCOCCn1c(=NC(=O)c2ccn(C)n2)sc2cc(C(=O)OCC)ccc21. The van der Waals surface area contributed by atoms with E-state index in [0.717, 1.165) is 10.2 Å². The third kappa shape index (κ3) is 4.37. The molecule has 0 spiro atoms. The van der Waals surface area contributed by atoms with E-state index in [1.54, 1.807) is 43.0 Å². The van der Waals surface area contributed by atoms with Crippen LogP contribution < -0.4 is 4.80 Å². The zero-order chi connectivity index (χ0) is 20.1. The van der Waals surface area contributed by atoms with Crippen molar-refractivity contribution in [3.05, 3.63) is 46.5 Å². The minimum atomic E-state index is -0.414. The number of hydrogen-bond acceptors (Lipinski definition) is 6. The molecule has 0 aliphatic rings. The summed E-state index contributed by atoms with van der Waals surface area (Å²) in [7, 11) is 1.75. The Kier molecular flexibility index (Phi) is 6.37. The van der Waals surface area contributed by atoms with Crippen molar-refractivity contribution in [2.75, 3.05) is 19.8 Å². The van der Waals surface area contributed by atoms with E-state index >= 15 is 0 Å². The lowest BCUT2D eigenvalue weighted by Crippen LogP contribution is -2.20. The Balaban J connectivity index is 2.05. The Bertz CT molecular complexity index is 1060. The first-order valence-corrected chi connectivity index (χ1v) is 9.82. The number of carbonyl (C=O) groups excluding carboxylic acids is 2. The molecule has 1 amide bonds. The summed E-state index contributed by atoms with van der Waals surface area (Å²) in [5.74, 6) is -0.787. The van der Waals surface area contributed by atoms with Crippen molar-refractivity contribution in [2.45, 2.75) is 20.4 Å². The second kappa shape index (κ2) is 8.94. The van der Waals surface area contributed by atoms with Crippen LogP contribution in [0.2, 0.25) is 0 Å². The predicted octanol–water partition coefficient (Wildman–Crippen LogP) is 2.39. The second-order valence-corrected chi connectivity index (χ2v) is 6.94. The lowest BCUT2D eigenvalue weighted by molar-refractivity contribution is 0.0526. The molecule has 0 aliphatic carbocycles. The van der Waals surface area contributed by atoms with Gasteiger partial charge < -0.3 is 14.0 Å². The Labute approximate surface area is 166 Å². The van der Waals surface area contributed by atoms with Gasteiger partial charge in [0.15, 0.2) is 10.5 Å². The van der Waals surface area contributed by atoms with Crippen molar-refractivity contribution in [1.82, 2.24) is 14.3 Å². The first-order chi connectivity index (χ1) is 13.5. The molecule has 0 unspecified atom stereocenters. The van der Waals surface area contributed by atoms with Crippen molar-refractivity contribution < 1.29 is 19.1 Å². The highest BCUT2D eigenvalue weighted by atomic mass is 32.1. The number of amides is 1. The first-order valence-electron chi connectivity index (χ1n) is 9.00. The Morgan fingerprint density at radius 3 is 2.71 bits per heavy atom. The van der Waals surface area contributed by atoms with Crippen molar-refractivity contribution in [3.8, 4) is 0 Å². The summed E-state index contributed by atoms with van der Waals surface area (Å²) < 4.78 is 14.9. The third-order valence-electron chi connectivity index (χ3n) is 3.99. The maximum Gasteiger partial charge on any atom is 0.338 e. The van der Waals surface area contributed by atoms with Gasteiger partial charge in [-0.3, -0.25) is 9.48 Å². The Hall–Kier alpha value is -2.78. The summed E-state index contributed by atoms with van der Waals surface area (Å²) in [5.41, 5.74) is 1.63. The smallest absolute Gasteiger partial charge is 0.338 e. The number of fused-ring (bicyclic) bond motifs is 1. The van der Waals surface area contributed by atoms with Crippen LogP contribution in [0.15, 0.2) is 35.5 Å². The van der Waals surface area contributed by atoms with Crippen LogP contribution in [0.5, 0.6) is 0 Å². The topological polar surface area (TPSA) is 87.7 Å². The fourth-order valence-corrected chi connectivity index (χ4v) is 3.78. The fraction of sp³-hybridized carbons (Fsp3) is 0.368. The summed E-state index contributed by atoms with van der Waals surface area (Å²) >= 11 is 1.34. The minimum absolute atomic E-state index is 0.281. The molecule has 0 fully saturated rings. The van der Waals surface area contributed by atoms with Gasteiger partial charge in [-0.25, -0.2) is 4.79 Å². The molecule has 0 saturated carbocycles. The molecule has 1 aromatic carbocycles. The number of aromatic nitrogens is 3. The number of hydrogen-bond donors (Lipinski definition) is 0. The van der Waals surface area contributed by atoms with Gasteiger partial charge in [0.2, 0.25) is 0 Å². The van der Waals surface area contributed by atoms with Gasteiger partial charge in [0, 0.05) is 26.4 Å². The highest BCUT2D eigenvalue weighted by Gasteiger charge is 2.14. The normalized spacial score (nSPS) is 11.9. The zero-order valence-electron chi connectivity index (χ0n) is 16.0. The van der Waals surface area contributed by atoms with Gasteiger partial charge >= 0.3 is 5.97 Å². The Morgan fingerprint density at radius 2 is 2.04 bits per heavy atom.